The molecule has 7 nitrogen and oxygen atoms in total. The predicted molar refractivity (Wildman–Crippen MR) is 89.2 cm³/mol. The van der Waals surface area contributed by atoms with Gasteiger partial charge in [0.25, 0.3) is 0 Å². The molecule has 2 fully saturated rings. The Morgan fingerprint density at radius 2 is 2.12 bits per heavy atom. The van der Waals surface area contributed by atoms with Crippen LogP contribution in [0.15, 0.2) is 24.8 Å². The first-order valence-corrected chi connectivity index (χ1v) is 8.54. The van der Waals surface area contributed by atoms with E-state index in [4.69, 9.17) is 0 Å². The summed E-state index contributed by atoms with van der Waals surface area (Å²) in [6.45, 7) is 2.82. The van der Waals surface area contributed by atoms with Gasteiger partial charge < -0.3 is 9.88 Å². The predicted octanol–water partition coefficient (Wildman–Crippen LogP) is 0.792. The number of likely N-dealkylation sites (tertiary alicyclic amines) is 1. The monoisotopic (exact) mass is 328 g/mol. The van der Waals surface area contributed by atoms with E-state index in [0.717, 1.165) is 38.3 Å². The molecule has 7 heteroatoms. The van der Waals surface area contributed by atoms with E-state index in [0.29, 0.717) is 6.42 Å². The number of amides is 1. The summed E-state index contributed by atoms with van der Waals surface area (Å²) < 4.78 is 3.89. The van der Waals surface area contributed by atoms with Crippen LogP contribution in [0.5, 0.6) is 0 Å². The molecule has 2 aliphatic heterocycles. The molecule has 128 valence electrons. The van der Waals surface area contributed by atoms with Crippen LogP contribution in [-0.4, -0.2) is 48.8 Å². The molecule has 1 spiro atoms. The molecule has 4 heterocycles. The summed E-state index contributed by atoms with van der Waals surface area (Å²) in [7, 11) is 3.96. The van der Waals surface area contributed by atoms with Gasteiger partial charge in [0.2, 0.25) is 5.91 Å². The molecule has 1 N–H and O–H groups in total. The topological polar surface area (TPSA) is 68.0 Å². The number of piperidine rings is 1. The smallest absolute Gasteiger partial charge is 0.221 e. The molecular weight excluding hydrogens is 304 g/mol. The number of hydrogen-bond donors (Lipinski definition) is 1. The van der Waals surface area contributed by atoms with Crippen LogP contribution in [0, 0.1) is 0 Å². The zero-order chi connectivity index (χ0) is 16.7. The molecule has 24 heavy (non-hydrogen) atoms. The molecule has 1 amide bonds. The minimum absolute atomic E-state index is 0.113. The molecule has 0 saturated carbocycles. The largest absolute Gasteiger partial charge is 0.350 e. The number of aromatic nitrogens is 4. The van der Waals surface area contributed by atoms with Gasteiger partial charge in [-0.05, 0) is 18.4 Å². The van der Waals surface area contributed by atoms with E-state index in [-0.39, 0.29) is 17.4 Å². The van der Waals surface area contributed by atoms with Crippen LogP contribution in [0.2, 0.25) is 0 Å². The molecule has 0 aliphatic carbocycles. The third kappa shape index (κ3) is 2.62. The van der Waals surface area contributed by atoms with Gasteiger partial charge in [-0.15, -0.1) is 0 Å². The number of nitrogens with one attached hydrogen (secondary N) is 1. The van der Waals surface area contributed by atoms with Gasteiger partial charge in [0.1, 0.15) is 5.82 Å². The molecule has 0 radical (unpaired) electrons. The van der Waals surface area contributed by atoms with Crippen LogP contribution in [-0.2, 0) is 25.4 Å². The van der Waals surface area contributed by atoms with Gasteiger partial charge >= 0.3 is 0 Å². The van der Waals surface area contributed by atoms with Crippen LogP contribution in [0.25, 0.3) is 0 Å². The van der Waals surface area contributed by atoms with Gasteiger partial charge in [-0.3, -0.25) is 14.4 Å². The minimum Gasteiger partial charge on any atom is -0.350 e. The third-order valence-electron chi connectivity index (χ3n) is 5.61. The highest BCUT2D eigenvalue weighted by molar-refractivity contribution is 5.81. The standard InChI is InChI=1S/C17H24N6O/c1-21-8-5-18-15(21)12-23-6-3-17(4-7-23)14(9-16(24)20-17)13-10-19-22(2)11-13/h5,8,10-11,14H,3-4,6-7,9,12H2,1-2H3,(H,20,24)/t14-/m1/s1. The van der Waals surface area contributed by atoms with Crippen molar-refractivity contribution in [2.24, 2.45) is 14.1 Å². The van der Waals surface area contributed by atoms with Crippen LogP contribution in [0.1, 0.15) is 36.6 Å². The lowest BCUT2D eigenvalue weighted by atomic mass is 9.75. The highest BCUT2D eigenvalue weighted by Gasteiger charge is 2.49. The maximum Gasteiger partial charge on any atom is 0.221 e. The Morgan fingerprint density at radius 3 is 2.75 bits per heavy atom. The van der Waals surface area contributed by atoms with Crippen LogP contribution in [0.4, 0.5) is 0 Å². The summed E-state index contributed by atoms with van der Waals surface area (Å²) >= 11 is 0. The molecule has 2 aromatic rings. The van der Waals surface area contributed by atoms with Gasteiger partial charge in [0, 0.05) is 63.7 Å². The summed E-state index contributed by atoms with van der Waals surface area (Å²) in [6.07, 6.45) is 10.3. The van der Waals surface area contributed by atoms with Crippen LogP contribution < -0.4 is 5.32 Å². The van der Waals surface area contributed by atoms with E-state index in [1.54, 1.807) is 0 Å². The van der Waals surface area contributed by atoms with E-state index in [1.807, 2.05) is 43.6 Å². The first kappa shape index (κ1) is 15.4. The SMILES string of the molecule is Cn1cc([C@H]2CC(=O)NC23CCN(Cc2nccn2C)CC3)cn1. The minimum atomic E-state index is -0.113. The van der Waals surface area contributed by atoms with Crippen molar-refractivity contribution in [1.82, 2.24) is 29.5 Å². The number of hydrogen-bond acceptors (Lipinski definition) is 4. The first-order valence-electron chi connectivity index (χ1n) is 8.54. The number of carbonyl (C=O) groups excluding carboxylic acids is 1. The van der Waals surface area contributed by atoms with Gasteiger partial charge in [-0.1, -0.05) is 0 Å². The third-order valence-corrected chi connectivity index (χ3v) is 5.61. The fraction of sp³-hybridized carbons (Fsp3) is 0.588. The molecule has 0 unspecified atom stereocenters. The lowest BCUT2D eigenvalue weighted by molar-refractivity contribution is -0.120. The van der Waals surface area contributed by atoms with Crippen molar-refractivity contribution in [1.29, 1.82) is 0 Å². The zero-order valence-corrected chi connectivity index (χ0v) is 14.3. The van der Waals surface area contributed by atoms with E-state index >= 15 is 0 Å². The first-order chi connectivity index (χ1) is 11.6. The fourth-order valence-corrected chi connectivity index (χ4v) is 4.19. The van der Waals surface area contributed by atoms with Crippen molar-refractivity contribution in [3.63, 3.8) is 0 Å². The summed E-state index contributed by atoms with van der Waals surface area (Å²) in [4.78, 5) is 19.0. The Labute approximate surface area is 141 Å². The second-order valence-corrected chi connectivity index (χ2v) is 7.14. The average molecular weight is 328 g/mol. The maximum absolute atomic E-state index is 12.1. The Hall–Kier alpha value is -2.15. The Balaban J connectivity index is 1.48. The van der Waals surface area contributed by atoms with E-state index in [2.05, 4.69) is 24.9 Å². The van der Waals surface area contributed by atoms with Crippen molar-refractivity contribution in [3.05, 3.63) is 36.2 Å². The van der Waals surface area contributed by atoms with Crippen molar-refractivity contribution >= 4 is 5.91 Å². The second kappa shape index (κ2) is 5.73. The van der Waals surface area contributed by atoms with Crippen molar-refractivity contribution in [3.8, 4) is 0 Å². The highest BCUT2D eigenvalue weighted by Crippen LogP contribution is 2.43. The number of imidazole rings is 1. The quantitative estimate of drug-likeness (QED) is 0.905. The number of carbonyl (C=O) groups is 1. The van der Waals surface area contributed by atoms with Crippen LogP contribution >= 0.6 is 0 Å². The zero-order valence-electron chi connectivity index (χ0n) is 14.3. The van der Waals surface area contributed by atoms with Gasteiger partial charge in [0.15, 0.2) is 0 Å². The molecule has 2 aliphatic rings. The summed E-state index contributed by atoms with van der Waals surface area (Å²) in [5.41, 5.74) is 1.06. The molecule has 4 rings (SSSR count). The summed E-state index contributed by atoms with van der Waals surface area (Å²) in [5, 5.41) is 7.59. The van der Waals surface area contributed by atoms with E-state index in [1.165, 1.54) is 5.56 Å². The highest BCUT2D eigenvalue weighted by atomic mass is 16.2. The van der Waals surface area contributed by atoms with E-state index < -0.39 is 0 Å². The Morgan fingerprint density at radius 1 is 1.33 bits per heavy atom. The normalized spacial score (nSPS) is 23.8. The Kier molecular flexibility index (Phi) is 3.68. The second-order valence-electron chi connectivity index (χ2n) is 7.14. The average Bonchev–Trinajstić information content (AvgIpc) is 3.23. The van der Waals surface area contributed by atoms with Crippen molar-refractivity contribution < 1.29 is 4.79 Å². The molecule has 0 bridgehead atoms. The Bertz CT molecular complexity index is 740. The summed E-state index contributed by atoms with van der Waals surface area (Å²) in [6, 6.07) is 0. The molecule has 0 aromatic carbocycles. The van der Waals surface area contributed by atoms with Gasteiger partial charge in [-0.2, -0.15) is 5.10 Å². The van der Waals surface area contributed by atoms with Gasteiger partial charge in [0.05, 0.1) is 12.7 Å². The number of nitrogens with zero attached hydrogens (tertiary/aromatic N) is 5. The van der Waals surface area contributed by atoms with Crippen molar-refractivity contribution in [2.75, 3.05) is 13.1 Å². The molecule has 2 saturated heterocycles. The number of rotatable bonds is 3. The number of aryl methyl sites for hydroxylation is 2. The lowest BCUT2D eigenvalue weighted by Gasteiger charge is -2.42. The molecular formula is C17H24N6O. The molecule has 2 aromatic heterocycles. The summed E-state index contributed by atoms with van der Waals surface area (Å²) in [5.74, 6) is 1.49. The maximum atomic E-state index is 12.1. The van der Waals surface area contributed by atoms with Crippen molar-refractivity contribution in [2.45, 2.75) is 37.3 Å². The van der Waals surface area contributed by atoms with Gasteiger partial charge in [-0.25, -0.2) is 4.98 Å². The van der Waals surface area contributed by atoms with Crippen LogP contribution in [0.3, 0.4) is 0 Å². The fourth-order valence-electron chi connectivity index (χ4n) is 4.19. The molecule has 1 atom stereocenters. The van der Waals surface area contributed by atoms with E-state index in [9.17, 15) is 4.79 Å². The lowest BCUT2D eigenvalue weighted by Crippen LogP contribution is -2.53.